The maximum Gasteiger partial charge on any atom is 0.0456 e. The van der Waals surface area contributed by atoms with Crippen LogP contribution in [0.15, 0.2) is 30.5 Å². The molecule has 18 heavy (non-hydrogen) atoms. The van der Waals surface area contributed by atoms with E-state index in [9.17, 15) is 0 Å². The van der Waals surface area contributed by atoms with Gasteiger partial charge in [-0.25, -0.2) is 0 Å². The first kappa shape index (κ1) is 11.8. The minimum Gasteiger partial charge on any atom is -0.361 e. The summed E-state index contributed by atoms with van der Waals surface area (Å²) < 4.78 is 0. The zero-order chi connectivity index (χ0) is 12.2. The quantitative estimate of drug-likeness (QED) is 0.864. The van der Waals surface area contributed by atoms with Gasteiger partial charge in [0.25, 0.3) is 0 Å². The lowest BCUT2D eigenvalue weighted by atomic mass is 10.1. The average molecular weight is 243 g/mol. The van der Waals surface area contributed by atoms with Crippen molar-refractivity contribution in [3.8, 4) is 0 Å². The van der Waals surface area contributed by atoms with Crippen molar-refractivity contribution in [1.82, 2.24) is 15.2 Å². The number of benzene rings is 1. The molecule has 3 nitrogen and oxygen atoms in total. The molecule has 3 heteroatoms. The molecule has 0 spiro atoms. The molecule has 1 fully saturated rings. The van der Waals surface area contributed by atoms with Gasteiger partial charge >= 0.3 is 0 Å². The summed E-state index contributed by atoms with van der Waals surface area (Å²) in [7, 11) is 0. The van der Waals surface area contributed by atoms with Gasteiger partial charge in [0.2, 0.25) is 0 Å². The van der Waals surface area contributed by atoms with Crippen LogP contribution in [0.2, 0.25) is 0 Å². The van der Waals surface area contributed by atoms with Crippen molar-refractivity contribution < 1.29 is 0 Å². The Kier molecular flexibility index (Phi) is 3.62. The van der Waals surface area contributed by atoms with Gasteiger partial charge in [0.05, 0.1) is 0 Å². The Bertz CT molecular complexity index is 495. The van der Waals surface area contributed by atoms with Crippen LogP contribution in [0.25, 0.3) is 10.9 Å². The van der Waals surface area contributed by atoms with Crippen molar-refractivity contribution in [2.24, 2.45) is 0 Å². The van der Waals surface area contributed by atoms with Crippen LogP contribution in [0.4, 0.5) is 0 Å². The van der Waals surface area contributed by atoms with E-state index < -0.39 is 0 Å². The fourth-order valence-electron chi connectivity index (χ4n) is 2.74. The molecule has 2 N–H and O–H groups in total. The fraction of sp³-hybridized carbons (Fsp3) is 0.467. The van der Waals surface area contributed by atoms with E-state index in [1.54, 1.807) is 0 Å². The number of nitrogens with zero attached hydrogens (tertiary/aromatic N) is 1. The Morgan fingerprint density at radius 1 is 1.11 bits per heavy atom. The molecule has 0 unspecified atom stereocenters. The van der Waals surface area contributed by atoms with Crippen LogP contribution in [0.5, 0.6) is 0 Å². The van der Waals surface area contributed by atoms with Gasteiger partial charge in [-0.3, -0.25) is 0 Å². The van der Waals surface area contributed by atoms with E-state index in [0.717, 1.165) is 13.0 Å². The molecule has 2 heterocycles. The molecule has 0 bridgehead atoms. The van der Waals surface area contributed by atoms with Gasteiger partial charge in [0.1, 0.15) is 0 Å². The molecule has 0 atom stereocenters. The Hall–Kier alpha value is -1.32. The minimum atomic E-state index is 1.13. The van der Waals surface area contributed by atoms with Gasteiger partial charge in [-0.1, -0.05) is 18.2 Å². The van der Waals surface area contributed by atoms with Gasteiger partial charge in [0, 0.05) is 36.7 Å². The summed E-state index contributed by atoms with van der Waals surface area (Å²) >= 11 is 0. The number of fused-ring (bicyclic) bond motifs is 1. The minimum absolute atomic E-state index is 1.13. The van der Waals surface area contributed by atoms with Crippen LogP contribution in [-0.2, 0) is 6.42 Å². The largest absolute Gasteiger partial charge is 0.361 e. The van der Waals surface area contributed by atoms with E-state index in [2.05, 4.69) is 45.7 Å². The summed E-state index contributed by atoms with van der Waals surface area (Å²) in [5, 5.41) is 4.83. The van der Waals surface area contributed by atoms with Crippen molar-refractivity contribution in [2.75, 3.05) is 32.7 Å². The molecule has 1 saturated heterocycles. The number of hydrogen-bond acceptors (Lipinski definition) is 2. The number of aromatic nitrogens is 1. The second kappa shape index (κ2) is 5.55. The fourth-order valence-corrected chi connectivity index (χ4v) is 2.74. The predicted octanol–water partition coefficient (Wildman–Crippen LogP) is 2.01. The Morgan fingerprint density at radius 3 is 3.06 bits per heavy atom. The lowest BCUT2D eigenvalue weighted by Crippen LogP contribution is -2.29. The van der Waals surface area contributed by atoms with Crippen LogP contribution in [0.1, 0.15) is 12.0 Å². The maximum atomic E-state index is 3.45. The Morgan fingerprint density at radius 2 is 2.06 bits per heavy atom. The number of para-hydroxylation sites is 1. The van der Waals surface area contributed by atoms with E-state index in [1.807, 2.05) is 0 Å². The zero-order valence-corrected chi connectivity index (χ0v) is 10.8. The highest BCUT2D eigenvalue weighted by Crippen LogP contribution is 2.18. The smallest absolute Gasteiger partial charge is 0.0456 e. The maximum absolute atomic E-state index is 3.45. The summed E-state index contributed by atoms with van der Waals surface area (Å²) in [6.07, 6.45) is 4.58. The molecule has 3 rings (SSSR count). The van der Waals surface area contributed by atoms with Crippen LogP contribution >= 0.6 is 0 Å². The SMILES string of the molecule is c1ccc2c(CCN3CCCNCC3)c[nH]c2c1. The van der Waals surface area contributed by atoms with Crippen molar-refractivity contribution >= 4 is 10.9 Å². The van der Waals surface area contributed by atoms with Crippen molar-refractivity contribution in [3.05, 3.63) is 36.0 Å². The third-order valence-corrected chi connectivity index (χ3v) is 3.80. The third-order valence-electron chi connectivity index (χ3n) is 3.80. The lowest BCUT2D eigenvalue weighted by molar-refractivity contribution is 0.296. The number of rotatable bonds is 3. The second-order valence-electron chi connectivity index (χ2n) is 5.05. The average Bonchev–Trinajstić information content (AvgIpc) is 2.64. The van der Waals surface area contributed by atoms with E-state index in [0.29, 0.717) is 0 Å². The van der Waals surface area contributed by atoms with Crippen LogP contribution in [0.3, 0.4) is 0 Å². The Labute approximate surface area is 108 Å². The summed E-state index contributed by atoms with van der Waals surface area (Å²) in [4.78, 5) is 5.93. The number of nitrogens with one attached hydrogen (secondary N) is 2. The van der Waals surface area contributed by atoms with Gasteiger partial charge in [-0.05, 0) is 37.6 Å². The topological polar surface area (TPSA) is 31.1 Å². The van der Waals surface area contributed by atoms with Gasteiger partial charge < -0.3 is 15.2 Å². The van der Waals surface area contributed by atoms with Crippen LogP contribution in [0, 0.1) is 0 Å². The molecule has 1 aliphatic rings. The van der Waals surface area contributed by atoms with E-state index in [4.69, 9.17) is 0 Å². The highest BCUT2D eigenvalue weighted by molar-refractivity contribution is 5.83. The Balaban J connectivity index is 1.65. The zero-order valence-electron chi connectivity index (χ0n) is 10.8. The molecule has 96 valence electrons. The first-order valence-corrected chi connectivity index (χ1v) is 6.91. The monoisotopic (exact) mass is 243 g/mol. The third kappa shape index (κ3) is 2.57. The highest BCUT2D eigenvalue weighted by Gasteiger charge is 2.09. The van der Waals surface area contributed by atoms with Gasteiger partial charge in [-0.15, -0.1) is 0 Å². The van der Waals surface area contributed by atoms with E-state index in [-0.39, 0.29) is 0 Å². The molecule has 1 aromatic carbocycles. The molecule has 0 saturated carbocycles. The normalized spacial score (nSPS) is 18.0. The standard InChI is InChI=1S/C15H21N3/c1-2-5-15-14(4-1)13(12-17-15)6-10-18-9-3-7-16-8-11-18/h1-2,4-5,12,16-17H,3,6-11H2. The first-order valence-electron chi connectivity index (χ1n) is 6.91. The molecule has 2 aromatic rings. The summed E-state index contributed by atoms with van der Waals surface area (Å²) in [6, 6.07) is 8.57. The van der Waals surface area contributed by atoms with E-state index in [1.165, 1.54) is 49.1 Å². The second-order valence-corrected chi connectivity index (χ2v) is 5.05. The van der Waals surface area contributed by atoms with Crippen molar-refractivity contribution in [2.45, 2.75) is 12.8 Å². The molecular weight excluding hydrogens is 222 g/mol. The van der Waals surface area contributed by atoms with E-state index >= 15 is 0 Å². The lowest BCUT2D eigenvalue weighted by Gasteiger charge is -2.18. The summed E-state index contributed by atoms with van der Waals surface area (Å²) in [5.41, 5.74) is 2.70. The molecular formula is C15H21N3. The van der Waals surface area contributed by atoms with Gasteiger partial charge in [0.15, 0.2) is 0 Å². The van der Waals surface area contributed by atoms with Crippen molar-refractivity contribution in [1.29, 1.82) is 0 Å². The van der Waals surface area contributed by atoms with Crippen LogP contribution in [-0.4, -0.2) is 42.6 Å². The number of hydrogen-bond donors (Lipinski definition) is 2. The predicted molar refractivity (Wildman–Crippen MR) is 75.9 cm³/mol. The van der Waals surface area contributed by atoms with Crippen LogP contribution < -0.4 is 5.32 Å². The summed E-state index contributed by atoms with van der Waals surface area (Å²) in [5.74, 6) is 0. The molecule has 1 aliphatic heterocycles. The van der Waals surface area contributed by atoms with Crippen molar-refractivity contribution in [3.63, 3.8) is 0 Å². The first-order chi connectivity index (χ1) is 8.93. The molecule has 0 aliphatic carbocycles. The number of aromatic amines is 1. The molecule has 1 aromatic heterocycles. The molecule has 0 radical (unpaired) electrons. The summed E-state index contributed by atoms with van der Waals surface area (Å²) in [6.45, 7) is 5.89. The highest BCUT2D eigenvalue weighted by atomic mass is 15.1. The molecule has 0 amide bonds. The number of H-pyrrole nitrogens is 1. The van der Waals surface area contributed by atoms with Gasteiger partial charge in [-0.2, -0.15) is 0 Å².